The van der Waals surface area contributed by atoms with Gasteiger partial charge < -0.3 is 28.8 Å². The number of methoxy groups -OCH3 is 1. The number of likely N-dealkylation sites (tertiary alicyclic amines) is 1. The Morgan fingerprint density at radius 2 is 1.05 bits per heavy atom. The summed E-state index contributed by atoms with van der Waals surface area (Å²) in [7, 11) is 1.25. The van der Waals surface area contributed by atoms with Crippen molar-refractivity contribution in [1.29, 1.82) is 0 Å². The third-order valence-corrected chi connectivity index (χ3v) is 11.3. The fourth-order valence-corrected chi connectivity index (χ4v) is 8.02. The van der Waals surface area contributed by atoms with Crippen LogP contribution < -0.4 is 14.2 Å². The van der Waals surface area contributed by atoms with Gasteiger partial charge in [-0.2, -0.15) is 0 Å². The van der Waals surface area contributed by atoms with Crippen molar-refractivity contribution in [3.8, 4) is 23.0 Å². The minimum absolute atomic E-state index is 0.0180. The summed E-state index contributed by atoms with van der Waals surface area (Å²) < 4.78 is 30.9. The maximum Gasteiger partial charge on any atom is 0.338 e. The predicted molar refractivity (Wildman–Crippen MR) is 246 cm³/mol. The van der Waals surface area contributed by atoms with Crippen LogP contribution in [0.2, 0.25) is 0 Å². The Morgan fingerprint density at radius 1 is 0.538 bits per heavy atom. The lowest BCUT2D eigenvalue weighted by Gasteiger charge is -2.22. The number of esters is 2. The molecule has 0 spiro atoms. The summed E-state index contributed by atoms with van der Waals surface area (Å²) in [6, 6.07) is 53.4. The fourth-order valence-electron chi connectivity index (χ4n) is 8.02. The van der Waals surface area contributed by atoms with Crippen molar-refractivity contribution in [3.63, 3.8) is 0 Å². The largest absolute Gasteiger partial charge is 0.508 e. The maximum absolute atomic E-state index is 15.4. The Hall–Kier alpha value is -7.69. The smallest absolute Gasteiger partial charge is 0.338 e. The van der Waals surface area contributed by atoms with E-state index in [9.17, 15) is 14.7 Å². The van der Waals surface area contributed by atoms with Crippen LogP contribution in [0.1, 0.15) is 64.5 Å². The number of hydrogen-bond acceptors (Lipinski definition) is 10. The molecule has 1 aliphatic rings. The van der Waals surface area contributed by atoms with Gasteiger partial charge in [0.05, 0.1) is 23.8 Å². The second-order valence-electron chi connectivity index (χ2n) is 15.9. The molecule has 10 nitrogen and oxygen atoms in total. The molecule has 328 valence electrons. The van der Waals surface area contributed by atoms with Gasteiger partial charge in [0, 0.05) is 25.6 Å². The molecule has 0 unspecified atom stereocenters. The third kappa shape index (κ3) is 11.3. The first-order valence-electron chi connectivity index (χ1n) is 21.5. The van der Waals surface area contributed by atoms with Crippen LogP contribution in [-0.2, 0) is 42.3 Å². The van der Waals surface area contributed by atoms with E-state index in [0.29, 0.717) is 26.1 Å². The van der Waals surface area contributed by atoms with E-state index in [-0.39, 0.29) is 71.0 Å². The summed E-state index contributed by atoms with van der Waals surface area (Å²) in [6.45, 7) is 2.04. The van der Waals surface area contributed by atoms with Crippen molar-refractivity contribution in [3.05, 3.63) is 226 Å². The Bertz CT molecular complexity index is 2630. The van der Waals surface area contributed by atoms with E-state index in [2.05, 4.69) is 17.0 Å². The van der Waals surface area contributed by atoms with Crippen molar-refractivity contribution in [1.82, 2.24) is 4.90 Å². The standard InChI is InChI=1S/C55H49NO9/c1-61-55(60)46-23-14-24-47(62-35-40-17-8-3-9-18-40)51(46)53(58)52-48(63-36-41-19-10-4-11-20-41)30-43(31-49(52)64-37-42-21-12-5-13-22-42)54(59)65-50-34-56(32-39-15-6-2-7-16-39)33-44(50)29-38-25-27-45(57)28-26-38/h2-28,30-31,44,50,57H,29,32-37H2,1H3/t44-,50-/m1/s1. The highest BCUT2D eigenvalue weighted by Crippen LogP contribution is 2.38. The lowest BCUT2D eigenvalue weighted by Crippen LogP contribution is -2.28. The van der Waals surface area contributed by atoms with Gasteiger partial charge in [-0.1, -0.05) is 140 Å². The van der Waals surface area contributed by atoms with E-state index in [0.717, 1.165) is 27.8 Å². The summed E-state index contributed by atoms with van der Waals surface area (Å²) in [5.41, 5.74) is 4.65. The first kappa shape index (κ1) is 43.9. The van der Waals surface area contributed by atoms with E-state index in [1.54, 1.807) is 24.3 Å². The second-order valence-corrected chi connectivity index (χ2v) is 15.9. The highest BCUT2D eigenvalue weighted by molar-refractivity contribution is 6.19. The molecule has 1 fully saturated rings. The number of carbonyl (C=O) groups is 3. The van der Waals surface area contributed by atoms with Gasteiger partial charge in [0.25, 0.3) is 0 Å². The van der Waals surface area contributed by atoms with Gasteiger partial charge in [0.1, 0.15) is 54.5 Å². The lowest BCUT2D eigenvalue weighted by molar-refractivity contribution is 0.0230. The van der Waals surface area contributed by atoms with Crippen molar-refractivity contribution >= 4 is 17.7 Å². The maximum atomic E-state index is 15.4. The first-order valence-corrected chi connectivity index (χ1v) is 21.5. The van der Waals surface area contributed by atoms with E-state index in [1.807, 2.05) is 121 Å². The first-order chi connectivity index (χ1) is 31.8. The SMILES string of the molecule is COC(=O)c1cccc(OCc2ccccc2)c1C(=O)c1c(OCc2ccccc2)cc(C(=O)O[C@@H]2CN(Cc3ccccc3)C[C@H]2Cc2ccc(O)cc2)cc1OCc1ccccc1. The molecule has 7 aromatic carbocycles. The number of benzene rings is 7. The zero-order valence-corrected chi connectivity index (χ0v) is 36.0. The summed E-state index contributed by atoms with van der Waals surface area (Å²) in [5, 5.41) is 9.97. The van der Waals surface area contributed by atoms with Gasteiger partial charge in [0.2, 0.25) is 5.78 Å². The van der Waals surface area contributed by atoms with Gasteiger partial charge in [0.15, 0.2) is 0 Å². The van der Waals surface area contributed by atoms with Crippen LogP contribution in [0.5, 0.6) is 23.0 Å². The van der Waals surface area contributed by atoms with Gasteiger partial charge >= 0.3 is 11.9 Å². The molecule has 1 N–H and O–H groups in total. The number of ether oxygens (including phenoxy) is 5. The highest BCUT2D eigenvalue weighted by atomic mass is 16.5. The van der Waals surface area contributed by atoms with E-state index in [1.165, 1.54) is 25.3 Å². The number of rotatable bonds is 18. The van der Waals surface area contributed by atoms with Crippen molar-refractivity contribution < 1.29 is 43.2 Å². The van der Waals surface area contributed by atoms with E-state index < -0.39 is 23.8 Å². The minimum Gasteiger partial charge on any atom is -0.508 e. The molecule has 7 aromatic rings. The predicted octanol–water partition coefficient (Wildman–Crippen LogP) is 10.0. The van der Waals surface area contributed by atoms with Crippen molar-refractivity contribution in [2.75, 3.05) is 20.2 Å². The number of carbonyl (C=O) groups excluding carboxylic acids is 3. The molecule has 1 aliphatic heterocycles. The van der Waals surface area contributed by atoms with Gasteiger partial charge in [-0.05, 0) is 70.6 Å². The third-order valence-electron chi connectivity index (χ3n) is 11.3. The number of aromatic hydroxyl groups is 1. The Balaban J connectivity index is 1.19. The average molecular weight is 868 g/mol. The van der Waals surface area contributed by atoms with Crippen molar-refractivity contribution in [2.24, 2.45) is 5.92 Å². The molecule has 0 saturated carbocycles. The number of ketones is 1. The normalized spacial score (nSPS) is 14.6. The lowest BCUT2D eigenvalue weighted by atomic mass is 9.94. The van der Waals surface area contributed by atoms with Crippen LogP contribution in [-0.4, -0.2) is 54.0 Å². The summed E-state index contributed by atoms with van der Waals surface area (Å²) >= 11 is 0. The fraction of sp³-hybridized carbons (Fsp3) is 0.182. The molecule has 1 heterocycles. The molecule has 1 saturated heterocycles. The number of phenolic OH excluding ortho intramolecular Hbond substituents is 1. The molecule has 0 bridgehead atoms. The number of nitrogens with zero attached hydrogens (tertiary/aromatic N) is 1. The van der Waals surface area contributed by atoms with Crippen LogP contribution >= 0.6 is 0 Å². The molecular weight excluding hydrogens is 819 g/mol. The van der Waals surface area contributed by atoms with Crippen LogP contribution in [0.3, 0.4) is 0 Å². The summed E-state index contributed by atoms with van der Waals surface area (Å²) in [4.78, 5) is 45.7. The molecule has 0 amide bonds. The number of phenols is 1. The topological polar surface area (TPSA) is 121 Å². The zero-order valence-electron chi connectivity index (χ0n) is 36.0. The highest BCUT2D eigenvalue weighted by Gasteiger charge is 2.37. The summed E-state index contributed by atoms with van der Waals surface area (Å²) in [6.07, 6.45) is 0.113. The quantitative estimate of drug-likeness (QED) is 0.0659. The molecule has 0 radical (unpaired) electrons. The Morgan fingerprint density at radius 3 is 1.57 bits per heavy atom. The molecular formula is C55H49NO9. The van der Waals surface area contributed by atoms with E-state index >= 15 is 4.79 Å². The van der Waals surface area contributed by atoms with E-state index in [4.69, 9.17) is 23.7 Å². The molecule has 10 heteroatoms. The Kier molecular flexibility index (Phi) is 14.3. The number of hydrogen-bond donors (Lipinski definition) is 1. The monoisotopic (exact) mass is 867 g/mol. The van der Waals surface area contributed by atoms with Gasteiger partial charge in [-0.3, -0.25) is 9.69 Å². The second kappa shape index (κ2) is 21.1. The van der Waals surface area contributed by atoms with Crippen molar-refractivity contribution in [2.45, 2.75) is 38.9 Å². The van der Waals surface area contributed by atoms with Crippen LogP contribution in [0.25, 0.3) is 0 Å². The molecule has 0 aliphatic carbocycles. The molecule has 8 rings (SSSR count). The molecule has 2 atom stereocenters. The summed E-state index contributed by atoms with van der Waals surface area (Å²) in [5.74, 6) is -1.66. The van der Waals surface area contributed by atoms with Crippen LogP contribution in [0, 0.1) is 5.92 Å². The van der Waals surface area contributed by atoms with Gasteiger partial charge in [-0.15, -0.1) is 0 Å². The van der Waals surface area contributed by atoms with Gasteiger partial charge in [-0.25, -0.2) is 9.59 Å². The van der Waals surface area contributed by atoms with Crippen LogP contribution in [0.15, 0.2) is 176 Å². The average Bonchev–Trinajstić information content (AvgIpc) is 3.72. The zero-order chi connectivity index (χ0) is 45.0. The Labute approximate surface area is 378 Å². The molecule has 65 heavy (non-hydrogen) atoms. The van der Waals surface area contributed by atoms with Crippen LogP contribution in [0.4, 0.5) is 0 Å². The minimum atomic E-state index is -0.739. The molecule has 0 aromatic heterocycles.